The highest BCUT2D eigenvalue weighted by atomic mass is 16.5. The van der Waals surface area contributed by atoms with Gasteiger partial charge in [0.2, 0.25) is 0 Å². The van der Waals surface area contributed by atoms with Crippen molar-refractivity contribution in [3.05, 3.63) is 0 Å². The number of nitrogens with one attached hydrogen (secondary N) is 3. The molecule has 2 atom stereocenters. The van der Waals surface area contributed by atoms with Crippen molar-refractivity contribution < 1.29 is 9.53 Å². The van der Waals surface area contributed by atoms with Crippen molar-refractivity contribution in [1.29, 1.82) is 0 Å². The Morgan fingerprint density at radius 3 is 2.31 bits per heavy atom. The summed E-state index contributed by atoms with van der Waals surface area (Å²) in [6.07, 6.45) is 10.2. The van der Waals surface area contributed by atoms with Gasteiger partial charge < -0.3 is 19.4 Å². The highest BCUT2D eigenvalue weighted by molar-refractivity contribution is 5.74. The van der Waals surface area contributed by atoms with E-state index < -0.39 is 0 Å². The summed E-state index contributed by atoms with van der Waals surface area (Å²) in [5.41, 5.74) is 0. The van der Waals surface area contributed by atoms with Gasteiger partial charge in [-0.15, -0.1) is 0 Å². The maximum Gasteiger partial charge on any atom is 0.320 e. The second-order valence-corrected chi connectivity index (χ2v) is 10.6. The number of rotatable bonds is 5. The molecule has 0 bridgehead atoms. The van der Waals surface area contributed by atoms with Gasteiger partial charge in [0.1, 0.15) is 6.29 Å². The van der Waals surface area contributed by atoms with Crippen LogP contribution in [0.3, 0.4) is 0 Å². The summed E-state index contributed by atoms with van der Waals surface area (Å²) in [6.45, 7) is 5.82. The van der Waals surface area contributed by atoms with Crippen molar-refractivity contribution in [2.75, 3.05) is 60.5 Å². The van der Waals surface area contributed by atoms with Gasteiger partial charge >= 0.3 is 6.03 Å². The first-order chi connectivity index (χ1) is 15.5. The molecule has 0 spiro atoms. The molecule has 0 aromatic rings. The van der Waals surface area contributed by atoms with Crippen LogP contribution in [0.5, 0.6) is 0 Å². The number of urea groups is 1. The van der Waals surface area contributed by atoms with Crippen LogP contribution in [0, 0.1) is 11.8 Å². The summed E-state index contributed by atoms with van der Waals surface area (Å²) in [7, 11) is 5.99. The van der Waals surface area contributed by atoms with Crippen LogP contribution in [0.25, 0.3) is 0 Å². The molecule has 2 heterocycles. The fourth-order valence-corrected chi connectivity index (χ4v) is 6.21. The van der Waals surface area contributed by atoms with E-state index in [-0.39, 0.29) is 12.3 Å². The standard InChI is InChI=1S/C24H46N6O2/c1-28-11-13-30(14-12-28)24(31)29(2)21-6-4-5-20(15-21)27-23-25-16-19(17-26-23)18-7-9-22(32-3)10-8-18/h18-23,25-27H,4-17H2,1-3H3. The molecule has 184 valence electrons. The average molecular weight is 451 g/mol. The first kappa shape index (κ1) is 24.2. The summed E-state index contributed by atoms with van der Waals surface area (Å²) in [5.74, 6) is 1.54. The number of carbonyl (C=O) groups excluding carboxylic acids is 1. The topological polar surface area (TPSA) is 72.1 Å². The van der Waals surface area contributed by atoms with Crippen LogP contribution >= 0.6 is 0 Å². The minimum absolute atomic E-state index is 0.184. The van der Waals surface area contributed by atoms with Gasteiger partial charge in [0, 0.05) is 65.5 Å². The van der Waals surface area contributed by atoms with Gasteiger partial charge in [0.15, 0.2) is 0 Å². The molecule has 2 unspecified atom stereocenters. The number of likely N-dealkylation sites (N-methyl/N-ethyl adjacent to an activating group) is 1. The van der Waals surface area contributed by atoms with E-state index in [0.717, 1.165) is 63.9 Å². The van der Waals surface area contributed by atoms with Gasteiger partial charge in [-0.3, -0.25) is 16.0 Å². The Kier molecular flexibility index (Phi) is 8.67. The molecule has 2 saturated heterocycles. The van der Waals surface area contributed by atoms with Crippen LogP contribution in [0.4, 0.5) is 4.79 Å². The first-order valence-electron chi connectivity index (χ1n) is 13.0. The van der Waals surface area contributed by atoms with Crippen molar-refractivity contribution in [3.8, 4) is 0 Å². The van der Waals surface area contributed by atoms with E-state index in [2.05, 4.69) is 27.9 Å². The van der Waals surface area contributed by atoms with Crippen LogP contribution < -0.4 is 16.0 Å². The first-order valence-corrected chi connectivity index (χ1v) is 13.0. The van der Waals surface area contributed by atoms with E-state index >= 15 is 0 Å². The molecule has 2 aliphatic carbocycles. The fraction of sp³-hybridized carbons (Fsp3) is 0.958. The van der Waals surface area contributed by atoms with Gasteiger partial charge in [0.25, 0.3) is 0 Å². The lowest BCUT2D eigenvalue weighted by atomic mass is 9.78. The number of piperazine rings is 1. The van der Waals surface area contributed by atoms with Crippen LogP contribution in [-0.2, 0) is 4.74 Å². The molecule has 0 radical (unpaired) electrons. The molecule has 2 amide bonds. The Hall–Kier alpha value is -0.930. The Morgan fingerprint density at radius 1 is 0.969 bits per heavy atom. The molecule has 32 heavy (non-hydrogen) atoms. The summed E-state index contributed by atoms with van der Waals surface area (Å²) in [4.78, 5) is 19.4. The third-order valence-electron chi connectivity index (χ3n) is 8.56. The number of hydrogen-bond acceptors (Lipinski definition) is 6. The van der Waals surface area contributed by atoms with E-state index in [4.69, 9.17) is 4.74 Å². The molecule has 0 aromatic carbocycles. The van der Waals surface area contributed by atoms with Gasteiger partial charge in [-0.2, -0.15) is 0 Å². The van der Waals surface area contributed by atoms with Crippen molar-refractivity contribution in [2.45, 2.75) is 75.8 Å². The minimum atomic E-state index is 0.184. The number of nitrogens with zero attached hydrogens (tertiary/aromatic N) is 3. The Bertz CT molecular complexity index is 583. The minimum Gasteiger partial charge on any atom is -0.381 e. The van der Waals surface area contributed by atoms with E-state index in [0.29, 0.717) is 18.2 Å². The number of hydrogen-bond donors (Lipinski definition) is 3. The summed E-state index contributed by atoms with van der Waals surface area (Å²) < 4.78 is 5.54. The smallest absolute Gasteiger partial charge is 0.320 e. The van der Waals surface area contributed by atoms with Gasteiger partial charge in [-0.25, -0.2) is 4.79 Å². The van der Waals surface area contributed by atoms with Crippen molar-refractivity contribution in [3.63, 3.8) is 0 Å². The number of ether oxygens (including phenoxy) is 1. The number of amides is 2. The lowest BCUT2D eigenvalue weighted by Crippen LogP contribution is -2.63. The Labute approximate surface area is 194 Å². The molecule has 4 fully saturated rings. The molecule has 8 nitrogen and oxygen atoms in total. The van der Waals surface area contributed by atoms with Crippen molar-refractivity contribution in [1.82, 2.24) is 30.7 Å². The van der Waals surface area contributed by atoms with Gasteiger partial charge in [-0.05, 0) is 70.3 Å². The molecular weight excluding hydrogens is 404 g/mol. The molecule has 0 aromatic heterocycles. The maximum absolute atomic E-state index is 13.0. The monoisotopic (exact) mass is 450 g/mol. The summed E-state index contributed by atoms with van der Waals surface area (Å²) in [5, 5.41) is 11.2. The lowest BCUT2D eigenvalue weighted by molar-refractivity contribution is 0.0412. The predicted octanol–water partition coefficient (Wildman–Crippen LogP) is 1.48. The zero-order valence-corrected chi connectivity index (χ0v) is 20.5. The van der Waals surface area contributed by atoms with Crippen LogP contribution in [-0.4, -0.2) is 106 Å². The van der Waals surface area contributed by atoms with Gasteiger partial charge in [0.05, 0.1) is 6.10 Å². The Morgan fingerprint density at radius 2 is 1.66 bits per heavy atom. The van der Waals surface area contributed by atoms with E-state index in [1.165, 1.54) is 38.5 Å². The zero-order valence-electron chi connectivity index (χ0n) is 20.5. The molecule has 4 aliphatic rings. The van der Waals surface area contributed by atoms with Crippen LogP contribution in [0.15, 0.2) is 0 Å². The van der Waals surface area contributed by atoms with E-state index in [9.17, 15) is 4.79 Å². The van der Waals surface area contributed by atoms with Crippen molar-refractivity contribution >= 4 is 6.03 Å². The lowest BCUT2D eigenvalue weighted by Gasteiger charge is -2.42. The van der Waals surface area contributed by atoms with E-state index in [1.807, 2.05) is 24.0 Å². The largest absolute Gasteiger partial charge is 0.381 e. The second-order valence-electron chi connectivity index (χ2n) is 10.6. The number of methoxy groups -OCH3 is 1. The summed E-state index contributed by atoms with van der Waals surface area (Å²) in [6, 6.07) is 1.000. The van der Waals surface area contributed by atoms with Crippen LogP contribution in [0.2, 0.25) is 0 Å². The number of carbonyl (C=O) groups is 1. The summed E-state index contributed by atoms with van der Waals surface area (Å²) >= 11 is 0. The van der Waals surface area contributed by atoms with Crippen molar-refractivity contribution in [2.24, 2.45) is 11.8 Å². The quantitative estimate of drug-likeness (QED) is 0.589. The molecule has 2 saturated carbocycles. The molecule has 3 N–H and O–H groups in total. The third-order valence-corrected chi connectivity index (χ3v) is 8.56. The molecular formula is C24H46N6O2. The molecule has 4 rings (SSSR count). The fourth-order valence-electron chi connectivity index (χ4n) is 6.21. The van der Waals surface area contributed by atoms with Gasteiger partial charge in [-0.1, -0.05) is 0 Å². The third kappa shape index (κ3) is 6.14. The van der Waals surface area contributed by atoms with E-state index in [1.54, 1.807) is 0 Å². The van der Waals surface area contributed by atoms with Crippen LogP contribution in [0.1, 0.15) is 51.4 Å². The highest BCUT2D eigenvalue weighted by Gasteiger charge is 2.34. The molecule has 8 heteroatoms. The normalized spacial score (nSPS) is 37.3. The predicted molar refractivity (Wildman–Crippen MR) is 127 cm³/mol. The zero-order chi connectivity index (χ0) is 22.5. The Balaban J connectivity index is 1.19. The maximum atomic E-state index is 13.0. The SMILES string of the molecule is COC1CCC(C2CNC(NC3CCCC(N(C)C(=O)N4CCN(C)CC4)C3)NC2)CC1. The molecule has 2 aliphatic heterocycles. The highest BCUT2D eigenvalue weighted by Crippen LogP contribution is 2.32. The average Bonchev–Trinajstić information content (AvgIpc) is 2.84. The second kappa shape index (κ2) is 11.5.